The summed E-state index contributed by atoms with van der Waals surface area (Å²) < 4.78 is 13.4. The van der Waals surface area contributed by atoms with Crippen molar-refractivity contribution in [3.8, 4) is 0 Å². The Morgan fingerprint density at radius 1 is 1.26 bits per heavy atom. The Balaban J connectivity index is 1.77. The summed E-state index contributed by atoms with van der Waals surface area (Å²) in [5, 5.41) is 7.57. The molecule has 23 heavy (non-hydrogen) atoms. The van der Waals surface area contributed by atoms with Crippen molar-refractivity contribution in [3.05, 3.63) is 51.2 Å². The fourth-order valence-electron chi connectivity index (χ4n) is 1.79. The number of benzene rings is 1. The molecular weight excluding hydrogens is 319 g/mol. The fourth-order valence-corrected chi connectivity index (χ4v) is 2.44. The van der Waals surface area contributed by atoms with E-state index in [-0.39, 0.29) is 24.6 Å². The molecule has 0 aliphatic heterocycles. The molecule has 1 aromatic carbocycles. The summed E-state index contributed by atoms with van der Waals surface area (Å²) in [5.74, 6) is -1.14. The largest absolute Gasteiger partial charge is 0.350 e. The minimum Gasteiger partial charge on any atom is -0.350 e. The highest BCUT2D eigenvalue weighted by Crippen LogP contribution is 2.09. The zero-order valence-corrected chi connectivity index (χ0v) is 13.4. The lowest BCUT2D eigenvalue weighted by Crippen LogP contribution is -2.34. The van der Waals surface area contributed by atoms with Crippen LogP contribution in [0.1, 0.15) is 31.4 Å². The van der Waals surface area contributed by atoms with E-state index in [0.29, 0.717) is 22.8 Å². The summed E-state index contributed by atoms with van der Waals surface area (Å²) in [6.07, 6.45) is 0. The van der Waals surface area contributed by atoms with Gasteiger partial charge in [0.05, 0.1) is 0 Å². The molecule has 0 spiro atoms. The van der Waals surface area contributed by atoms with Gasteiger partial charge in [-0.3, -0.25) is 9.59 Å². The average Bonchev–Trinajstić information content (AvgIpc) is 3.03. The number of halogens is 1. The third-order valence-electron chi connectivity index (χ3n) is 3.09. The van der Waals surface area contributed by atoms with E-state index < -0.39 is 11.7 Å². The van der Waals surface area contributed by atoms with E-state index in [1.165, 1.54) is 17.4 Å². The van der Waals surface area contributed by atoms with E-state index in [9.17, 15) is 14.0 Å². The summed E-state index contributed by atoms with van der Waals surface area (Å²) in [5.41, 5.74) is 6.47. The van der Waals surface area contributed by atoms with Crippen LogP contribution in [0.5, 0.6) is 0 Å². The normalized spacial score (nSPS) is 10.4. The highest BCUT2D eigenvalue weighted by atomic mass is 32.1. The molecule has 0 aliphatic carbocycles. The van der Waals surface area contributed by atoms with Gasteiger partial charge in [-0.2, -0.15) is 0 Å². The molecule has 2 amide bonds. The fraction of sp³-hybridized carbons (Fsp3) is 0.267. The SMILES string of the molecule is Cc1ccc(C(=O)NCCNC(=O)c2csc(CN)n2)cc1F. The Morgan fingerprint density at radius 3 is 2.57 bits per heavy atom. The maximum atomic E-state index is 13.4. The molecular formula is C15H17FN4O2S. The van der Waals surface area contributed by atoms with Crippen LogP contribution in [-0.2, 0) is 6.54 Å². The van der Waals surface area contributed by atoms with Gasteiger partial charge in [0.15, 0.2) is 0 Å². The van der Waals surface area contributed by atoms with Crippen LogP contribution in [0.2, 0.25) is 0 Å². The first-order chi connectivity index (χ1) is 11.0. The molecule has 122 valence electrons. The molecule has 2 aromatic rings. The van der Waals surface area contributed by atoms with Crippen molar-refractivity contribution < 1.29 is 14.0 Å². The van der Waals surface area contributed by atoms with Gasteiger partial charge in [0.25, 0.3) is 11.8 Å². The van der Waals surface area contributed by atoms with Crippen LogP contribution in [-0.4, -0.2) is 29.9 Å². The monoisotopic (exact) mass is 336 g/mol. The van der Waals surface area contributed by atoms with Crippen molar-refractivity contribution in [3.63, 3.8) is 0 Å². The lowest BCUT2D eigenvalue weighted by molar-refractivity contribution is 0.0925. The topological polar surface area (TPSA) is 97.1 Å². The van der Waals surface area contributed by atoms with Crippen LogP contribution in [0.15, 0.2) is 23.6 Å². The molecule has 0 radical (unpaired) electrons. The number of carbonyl (C=O) groups is 2. The number of aromatic nitrogens is 1. The first-order valence-corrected chi connectivity index (χ1v) is 7.86. The first-order valence-electron chi connectivity index (χ1n) is 6.98. The van der Waals surface area contributed by atoms with Gasteiger partial charge >= 0.3 is 0 Å². The van der Waals surface area contributed by atoms with E-state index in [4.69, 9.17) is 5.73 Å². The zero-order valence-electron chi connectivity index (χ0n) is 12.6. The number of hydrogen-bond acceptors (Lipinski definition) is 5. The Kier molecular flexibility index (Phi) is 5.78. The van der Waals surface area contributed by atoms with Crippen molar-refractivity contribution in [2.75, 3.05) is 13.1 Å². The van der Waals surface area contributed by atoms with Gasteiger partial charge in [-0.05, 0) is 24.6 Å². The molecule has 2 rings (SSSR count). The first kappa shape index (κ1) is 17.0. The van der Waals surface area contributed by atoms with Crippen molar-refractivity contribution in [2.45, 2.75) is 13.5 Å². The Hall–Kier alpha value is -2.32. The molecule has 4 N–H and O–H groups in total. The van der Waals surface area contributed by atoms with Crippen molar-refractivity contribution >= 4 is 23.2 Å². The molecule has 0 saturated carbocycles. The second-order valence-corrected chi connectivity index (χ2v) is 5.75. The van der Waals surface area contributed by atoms with Gasteiger partial charge in [0.1, 0.15) is 16.5 Å². The van der Waals surface area contributed by atoms with Gasteiger partial charge in [-0.25, -0.2) is 9.37 Å². The summed E-state index contributed by atoms with van der Waals surface area (Å²) in [6, 6.07) is 4.28. The van der Waals surface area contributed by atoms with Crippen LogP contribution in [0, 0.1) is 12.7 Å². The van der Waals surface area contributed by atoms with E-state index in [0.717, 1.165) is 0 Å². The summed E-state index contributed by atoms with van der Waals surface area (Å²) in [4.78, 5) is 27.7. The highest BCUT2D eigenvalue weighted by Gasteiger charge is 2.10. The minimum absolute atomic E-state index is 0.230. The Bertz CT molecular complexity index is 717. The number of nitrogens with zero attached hydrogens (tertiary/aromatic N) is 1. The van der Waals surface area contributed by atoms with E-state index in [2.05, 4.69) is 15.6 Å². The van der Waals surface area contributed by atoms with E-state index >= 15 is 0 Å². The average molecular weight is 336 g/mol. The number of amides is 2. The van der Waals surface area contributed by atoms with Crippen LogP contribution in [0.25, 0.3) is 0 Å². The number of aryl methyl sites for hydroxylation is 1. The van der Waals surface area contributed by atoms with Crippen molar-refractivity contribution in [1.82, 2.24) is 15.6 Å². The predicted molar refractivity (Wildman–Crippen MR) is 85.8 cm³/mol. The third-order valence-corrected chi connectivity index (χ3v) is 3.96. The van der Waals surface area contributed by atoms with Crippen LogP contribution < -0.4 is 16.4 Å². The molecule has 6 nitrogen and oxygen atoms in total. The number of carbonyl (C=O) groups excluding carboxylic acids is 2. The molecule has 0 atom stereocenters. The number of nitrogens with two attached hydrogens (primary N) is 1. The van der Waals surface area contributed by atoms with E-state index in [1.807, 2.05) is 0 Å². The smallest absolute Gasteiger partial charge is 0.270 e. The van der Waals surface area contributed by atoms with E-state index in [1.54, 1.807) is 24.4 Å². The molecule has 0 bridgehead atoms. The van der Waals surface area contributed by atoms with Crippen molar-refractivity contribution in [2.24, 2.45) is 5.73 Å². The maximum absolute atomic E-state index is 13.4. The molecule has 8 heteroatoms. The highest BCUT2D eigenvalue weighted by molar-refractivity contribution is 7.09. The van der Waals surface area contributed by atoms with Gasteiger partial charge in [-0.1, -0.05) is 6.07 Å². The molecule has 0 saturated heterocycles. The van der Waals surface area contributed by atoms with Gasteiger partial charge in [0.2, 0.25) is 0 Å². The van der Waals surface area contributed by atoms with Gasteiger partial charge in [0, 0.05) is 30.6 Å². The second-order valence-electron chi connectivity index (χ2n) is 4.81. The molecule has 1 aromatic heterocycles. The summed E-state index contributed by atoms with van der Waals surface area (Å²) >= 11 is 1.32. The lowest BCUT2D eigenvalue weighted by atomic mass is 10.1. The predicted octanol–water partition coefficient (Wildman–Crippen LogP) is 1.21. The quantitative estimate of drug-likeness (QED) is 0.691. The van der Waals surface area contributed by atoms with Crippen LogP contribution >= 0.6 is 11.3 Å². The Morgan fingerprint density at radius 2 is 1.96 bits per heavy atom. The molecule has 0 fully saturated rings. The zero-order chi connectivity index (χ0) is 16.8. The standard InChI is InChI=1S/C15H17FN4O2S/c1-9-2-3-10(6-11(9)16)14(21)18-4-5-19-15(22)12-8-23-13(7-17)20-12/h2-3,6,8H,4-5,7,17H2,1H3,(H,18,21)(H,19,22). The molecule has 0 unspecified atom stereocenters. The van der Waals surface area contributed by atoms with Gasteiger partial charge < -0.3 is 16.4 Å². The number of nitrogens with one attached hydrogen (secondary N) is 2. The maximum Gasteiger partial charge on any atom is 0.270 e. The van der Waals surface area contributed by atoms with Gasteiger partial charge in [-0.15, -0.1) is 11.3 Å². The number of rotatable bonds is 6. The molecule has 0 aliphatic rings. The minimum atomic E-state index is -0.426. The number of hydrogen-bond donors (Lipinski definition) is 3. The third kappa shape index (κ3) is 4.57. The summed E-state index contributed by atoms with van der Waals surface area (Å²) in [7, 11) is 0. The number of thiazole rings is 1. The van der Waals surface area contributed by atoms with Crippen molar-refractivity contribution in [1.29, 1.82) is 0 Å². The van der Waals surface area contributed by atoms with Crippen LogP contribution in [0.4, 0.5) is 4.39 Å². The lowest BCUT2D eigenvalue weighted by Gasteiger charge is -2.07. The van der Waals surface area contributed by atoms with Crippen LogP contribution in [0.3, 0.4) is 0 Å². The summed E-state index contributed by atoms with van der Waals surface area (Å²) in [6.45, 7) is 2.39. The second kappa shape index (κ2) is 7.80. The molecule has 1 heterocycles. The Labute approximate surface area is 136 Å².